The molecule has 2 aromatic carbocycles. The average molecular weight is 355 g/mol. The maximum Gasteiger partial charge on any atom is 0.238 e. The highest BCUT2D eigenvalue weighted by atomic mass is 16.5. The Morgan fingerprint density at radius 1 is 1.00 bits per heavy atom. The van der Waals surface area contributed by atoms with Gasteiger partial charge < -0.3 is 15.4 Å². The smallest absolute Gasteiger partial charge is 0.238 e. The summed E-state index contributed by atoms with van der Waals surface area (Å²) in [6, 6.07) is 16.8. The van der Waals surface area contributed by atoms with Gasteiger partial charge in [0.15, 0.2) is 0 Å². The molecule has 0 aliphatic carbocycles. The molecule has 2 aromatic rings. The molecule has 6 heteroatoms. The van der Waals surface area contributed by atoms with E-state index in [1.54, 1.807) is 43.3 Å². The minimum absolute atomic E-state index is 0.0785. The lowest BCUT2D eigenvalue weighted by Crippen LogP contribution is -2.39. The number of methoxy groups -OCH3 is 1. The largest absolute Gasteiger partial charge is 0.497 e. The first-order chi connectivity index (χ1) is 12.5. The van der Waals surface area contributed by atoms with Crippen molar-refractivity contribution in [2.24, 2.45) is 0 Å². The number of carbonyl (C=O) groups excluding carboxylic acids is 2. The van der Waals surface area contributed by atoms with E-state index in [1.807, 2.05) is 37.3 Å². The molecular formula is C20H25N3O3. The van der Waals surface area contributed by atoms with Crippen molar-refractivity contribution in [2.75, 3.05) is 32.6 Å². The van der Waals surface area contributed by atoms with Crippen LogP contribution < -0.4 is 15.4 Å². The van der Waals surface area contributed by atoms with Crippen molar-refractivity contribution in [3.8, 4) is 5.75 Å². The molecular weight excluding hydrogens is 330 g/mol. The number of rotatable bonds is 8. The van der Waals surface area contributed by atoms with Crippen molar-refractivity contribution in [1.82, 2.24) is 10.2 Å². The number of hydrogen-bond donors (Lipinski definition) is 2. The van der Waals surface area contributed by atoms with Gasteiger partial charge >= 0.3 is 0 Å². The maximum absolute atomic E-state index is 12.1. The van der Waals surface area contributed by atoms with Crippen molar-refractivity contribution in [1.29, 1.82) is 0 Å². The van der Waals surface area contributed by atoms with E-state index in [1.165, 1.54) is 0 Å². The normalized spacial score (nSPS) is 11.7. The molecule has 26 heavy (non-hydrogen) atoms. The van der Waals surface area contributed by atoms with Gasteiger partial charge in [0.2, 0.25) is 11.8 Å². The summed E-state index contributed by atoms with van der Waals surface area (Å²) in [5.41, 5.74) is 1.73. The Morgan fingerprint density at radius 2 is 1.62 bits per heavy atom. The van der Waals surface area contributed by atoms with E-state index in [4.69, 9.17) is 4.74 Å². The summed E-state index contributed by atoms with van der Waals surface area (Å²) < 4.78 is 5.08. The van der Waals surface area contributed by atoms with Crippen LogP contribution in [0.5, 0.6) is 5.75 Å². The molecule has 2 rings (SSSR count). The van der Waals surface area contributed by atoms with Gasteiger partial charge in [-0.25, -0.2) is 0 Å². The van der Waals surface area contributed by atoms with Crippen LogP contribution in [0.3, 0.4) is 0 Å². The SMILES string of the molecule is COc1ccc(NC(=O)CN(C)CC(=O)NC(C)c2ccccc2)cc1. The first-order valence-electron chi connectivity index (χ1n) is 8.44. The van der Waals surface area contributed by atoms with Crippen molar-refractivity contribution in [3.63, 3.8) is 0 Å². The van der Waals surface area contributed by atoms with Crippen LogP contribution in [0.1, 0.15) is 18.5 Å². The molecule has 0 aliphatic heterocycles. The molecule has 138 valence electrons. The van der Waals surface area contributed by atoms with E-state index in [9.17, 15) is 9.59 Å². The Bertz CT molecular complexity index is 717. The highest BCUT2D eigenvalue weighted by Gasteiger charge is 2.13. The van der Waals surface area contributed by atoms with E-state index < -0.39 is 0 Å². The van der Waals surface area contributed by atoms with Gasteiger partial charge in [0.05, 0.1) is 26.2 Å². The zero-order valence-electron chi connectivity index (χ0n) is 15.4. The third-order valence-electron chi connectivity index (χ3n) is 3.88. The fraction of sp³-hybridized carbons (Fsp3) is 0.300. The number of hydrogen-bond acceptors (Lipinski definition) is 4. The van der Waals surface area contributed by atoms with Crippen LogP contribution in [-0.4, -0.2) is 44.0 Å². The summed E-state index contributed by atoms with van der Waals surface area (Å²) in [6.07, 6.45) is 0. The number of benzene rings is 2. The lowest BCUT2D eigenvalue weighted by Gasteiger charge is -2.19. The van der Waals surface area contributed by atoms with Crippen molar-refractivity contribution >= 4 is 17.5 Å². The molecule has 0 radical (unpaired) electrons. The molecule has 1 unspecified atom stereocenters. The fourth-order valence-corrected chi connectivity index (χ4v) is 2.53. The summed E-state index contributed by atoms with van der Waals surface area (Å²) in [6.45, 7) is 2.20. The molecule has 0 spiro atoms. The van der Waals surface area contributed by atoms with Gasteiger partial charge in [0, 0.05) is 5.69 Å². The van der Waals surface area contributed by atoms with Gasteiger partial charge in [-0.05, 0) is 43.8 Å². The Labute approximate surface area is 154 Å². The van der Waals surface area contributed by atoms with E-state index in [2.05, 4.69) is 10.6 Å². The molecule has 6 nitrogen and oxygen atoms in total. The summed E-state index contributed by atoms with van der Waals surface area (Å²) in [5, 5.41) is 5.73. The second kappa shape index (κ2) is 9.58. The van der Waals surface area contributed by atoms with Crippen molar-refractivity contribution in [3.05, 3.63) is 60.2 Å². The third kappa shape index (κ3) is 6.22. The molecule has 0 fully saturated rings. The Morgan fingerprint density at radius 3 is 2.23 bits per heavy atom. The summed E-state index contributed by atoms with van der Waals surface area (Å²) >= 11 is 0. The molecule has 0 bridgehead atoms. The minimum atomic E-state index is -0.179. The molecule has 0 aromatic heterocycles. The fourth-order valence-electron chi connectivity index (χ4n) is 2.53. The van der Waals surface area contributed by atoms with Crippen LogP contribution in [0.4, 0.5) is 5.69 Å². The summed E-state index contributed by atoms with van der Waals surface area (Å²) in [5.74, 6) is 0.423. The molecule has 0 saturated carbocycles. The van der Waals surface area contributed by atoms with Crippen LogP contribution >= 0.6 is 0 Å². The topological polar surface area (TPSA) is 70.7 Å². The van der Waals surface area contributed by atoms with Gasteiger partial charge in [-0.3, -0.25) is 14.5 Å². The van der Waals surface area contributed by atoms with Crippen LogP contribution in [0, 0.1) is 0 Å². The zero-order chi connectivity index (χ0) is 18.9. The highest BCUT2D eigenvalue weighted by Crippen LogP contribution is 2.15. The third-order valence-corrected chi connectivity index (χ3v) is 3.88. The van der Waals surface area contributed by atoms with Gasteiger partial charge in [0.1, 0.15) is 5.75 Å². The highest BCUT2D eigenvalue weighted by molar-refractivity contribution is 5.92. The first kappa shape index (κ1) is 19.5. The number of nitrogens with one attached hydrogen (secondary N) is 2. The lowest BCUT2D eigenvalue weighted by atomic mass is 10.1. The molecule has 0 saturated heterocycles. The molecule has 2 amide bonds. The monoisotopic (exact) mass is 355 g/mol. The Hall–Kier alpha value is -2.86. The lowest BCUT2D eigenvalue weighted by molar-refractivity contribution is -0.123. The van der Waals surface area contributed by atoms with Crippen molar-refractivity contribution < 1.29 is 14.3 Å². The standard InChI is InChI=1S/C20H25N3O3/c1-15(16-7-5-4-6-8-16)21-19(24)13-23(2)14-20(25)22-17-9-11-18(26-3)12-10-17/h4-12,15H,13-14H2,1-3H3,(H,21,24)(H,22,25). The Balaban J connectivity index is 1.76. The number of ether oxygens (including phenoxy) is 1. The quantitative estimate of drug-likeness (QED) is 0.763. The first-order valence-corrected chi connectivity index (χ1v) is 8.44. The minimum Gasteiger partial charge on any atom is -0.497 e. The molecule has 0 aliphatic rings. The molecule has 1 atom stereocenters. The zero-order valence-corrected chi connectivity index (χ0v) is 15.4. The summed E-state index contributed by atoms with van der Waals surface area (Å²) in [4.78, 5) is 25.9. The van der Waals surface area contributed by atoms with Crippen LogP contribution in [0.25, 0.3) is 0 Å². The van der Waals surface area contributed by atoms with Gasteiger partial charge in [-0.1, -0.05) is 30.3 Å². The number of carbonyl (C=O) groups is 2. The van der Waals surface area contributed by atoms with Crippen LogP contribution in [0.2, 0.25) is 0 Å². The number of amides is 2. The van der Waals surface area contributed by atoms with Crippen molar-refractivity contribution in [2.45, 2.75) is 13.0 Å². The average Bonchev–Trinajstić information content (AvgIpc) is 2.62. The second-order valence-corrected chi connectivity index (χ2v) is 6.15. The van der Waals surface area contributed by atoms with Crippen LogP contribution in [-0.2, 0) is 9.59 Å². The number of anilines is 1. The number of nitrogens with zero attached hydrogens (tertiary/aromatic N) is 1. The van der Waals surface area contributed by atoms with E-state index >= 15 is 0 Å². The predicted molar refractivity (Wildman–Crippen MR) is 102 cm³/mol. The maximum atomic E-state index is 12.1. The number of likely N-dealkylation sites (N-methyl/N-ethyl adjacent to an activating group) is 1. The van der Waals surface area contributed by atoms with E-state index in [0.717, 1.165) is 11.3 Å². The Kier molecular flexibility index (Phi) is 7.17. The predicted octanol–water partition coefficient (Wildman–Crippen LogP) is 2.44. The van der Waals surface area contributed by atoms with Gasteiger partial charge in [-0.2, -0.15) is 0 Å². The van der Waals surface area contributed by atoms with Crippen LogP contribution in [0.15, 0.2) is 54.6 Å². The molecule has 0 heterocycles. The van der Waals surface area contributed by atoms with Gasteiger partial charge in [-0.15, -0.1) is 0 Å². The van der Waals surface area contributed by atoms with E-state index in [0.29, 0.717) is 5.69 Å². The molecule has 2 N–H and O–H groups in total. The summed E-state index contributed by atoms with van der Waals surface area (Å²) in [7, 11) is 3.33. The van der Waals surface area contributed by atoms with E-state index in [-0.39, 0.29) is 30.9 Å². The van der Waals surface area contributed by atoms with Gasteiger partial charge in [0.25, 0.3) is 0 Å². The second-order valence-electron chi connectivity index (χ2n) is 6.15.